The Morgan fingerprint density at radius 1 is 0.957 bits per heavy atom. The van der Waals surface area contributed by atoms with Crippen LogP contribution in [0.4, 0.5) is 0 Å². The lowest BCUT2D eigenvalue weighted by atomic mass is 10.2. The van der Waals surface area contributed by atoms with Crippen LogP contribution in [0.3, 0.4) is 0 Å². The predicted octanol–water partition coefficient (Wildman–Crippen LogP) is 3.92. The average Bonchev–Trinajstić information content (AvgIpc) is 2.53. The minimum Gasteiger partial charge on any atom is -0.457 e. The lowest BCUT2D eigenvalue weighted by Crippen LogP contribution is -2.07. The molecule has 23 heavy (non-hydrogen) atoms. The van der Waals surface area contributed by atoms with Gasteiger partial charge in [-0.1, -0.05) is 35.9 Å². The number of rotatable bonds is 5. The molecule has 0 saturated carbocycles. The summed E-state index contributed by atoms with van der Waals surface area (Å²) >= 11 is 0. The first-order valence-corrected chi connectivity index (χ1v) is 7.22. The standard InChI is InChI=1S/C19H18O4/c1-14(2)12-18(20)23-17-10-8-16(9-11-17)19(21)22-13-15-6-4-3-5-7-15/h3-12H,13H2,1-2H3. The Labute approximate surface area is 135 Å². The van der Waals surface area contributed by atoms with Crippen LogP contribution >= 0.6 is 0 Å². The van der Waals surface area contributed by atoms with Gasteiger partial charge in [-0.3, -0.25) is 0 Å². The van der Waals surface area contributed by atoms with Gasteiger partial charge in [-0.15, -0.1) is 0 Å². The summed E-state index contributed by atoms with van der Waals surface area (Å²) in [5, 5.41) is 0. The van der Waals surface area contributed by atoms with E-state index in [2.05, 4.69) is 0 Å². The van der Waals surface area contributed by atoms with E-state index < -0.39 is 11.9 Å². The molecule has 2 aromatic carbocycles. The molecular weight excluding hydrogens is 292 g/mol. The molecule has 2 aromatic rings. The summed E-state index contributed by atoms with van der Waals surface area (Å²) in [7, 11) is 0. The zero-order valence-electron chi connectivity index (χ0n) is 13.1. The minimum atomic E-state index is -0.440. The first-order valence-electron chi connectivity index (χ1n) is 7.22. The van der Waals surface area contributed by atoms with E-state index in [-0.39, 0.29) is 6.61 Å². The van der Waals surface area contributed by atoms with Gasteiger partial charge >= 0.3 is 11.9 Å². The number of hydrogen-bond acceptors (Lipinski definition) is 4. The molecule has 0 heterocycles. The van der Waals surface area contributed by atoms with Gasteiger partial charge in [0.1, 0.15) is 12.4 Å². The van der Waals surface area contributed by atoms with Crippen LogP contribution in [0.5, 0.6) is 5.75 Å². The number of ether oxygens (including phenoxy) is 2. The average molecular weight is 310 g/mol. The van der Waals surface area contributed by atoms with Gasteiger partial charge in [0, 0.05) is 6.08 Å². The van der Waals surface area contributed by atoms with E-state index in [1.165, 1.54) is 6.08 Å². The molecule has 0 atom stereocenters. The molecule has 0 aliphatic rings. The highest BCUT2D eigenvalue weighted by atomic mass is 16.5. The van der Waals surface area contributed by atoms with Gasteiger partial charge in [0.25, 0.3) is 0 Å². The zero-order valence-corrected chi connectivity index (χ0v) is 13.1. The molecule has 0 saturated heterocycles. The number of esters is 2. The summed E-state index contributed by atoms with van der Waals surface area (Å²) in [5.41, 5.74) is 2.19. The summed E-state index contributed by atoms with van der Waals surface area (Å²) in [6.45, 7) is 3.84. The van der Waals surface area contributed by atoms with Crippen LogP contribution < -0.4 is 4.74 Å². The highest BCUT2D eigenvalue weighted by Crippen LogP contribution is 2.14. The van der Waals surface area contributed by atoms with Crippen molar-refractivity contribution in [3.05, 3.63) is 77.4 Å². The SMILES string of the molecule is CC(C)=CC(=O)Oc1ccc(C(=O)OCc2ccccc2)cc1. The van der Waals surface area contributed by atoms with E-state index in [1.807, 2.05) is 44.2 Å². The van der Waals surface area contributed by atoms with Gasteiger partial charge in [0.15, 0.2) is 0 Å². The van der Waals surface area contributed by atoms with Crippen LogP contribution in [0.15, 0.2) is 66.2 Å². The molecular formula is C19H18O4. The Bertz CT molecular complexity index is 696. The molecule has 0 aliphatic carbocycles. The number of hydrogen-bond donors (Lipinski definition) is 0. The molecule has 0 bridgehead atoms. The van der Waals surface area contributed by atoms with Crippen molar-refractivity contribution in [2.45, 2.75) is 20.5 Å². The Balaban J connectivity index is 1.92. The van der Waals surface area contributed by atoms with Crippen LogP contribution in [-0.2, 0) is 16.1 Å². The van der Waals surface area contributed by atoms with Gasteiger partial charge in [0.2, 0.25) is 0 Å². The third kappa shape index (κ3) is 5.43. The largest absolute Gasteiger partial charge is 0.457 e. The van der Waals surface area contributed by atoms with Crippen LogP contribution in [0, 0.1) is 0 Å². The third-order valence-corrected chi connectivity index (χ3v) is 2.93. The first kappa shape index (κ1) is 16.5. The van der Waals surface area contributed by atoms with Gasteiger partial charge in [-0.05, 0) is 43.7 Å². The summed E-state index contributed by atoms with van der Waals surface area (Å²) < 4.78 is 10.4. The van der Waals surface area contributed by atoms with E-state index in [9.17, 15) is 9.59 Å². The molecule has 4 heteroatoms. The van der Waals surface area contributed by atoms with Crippen LogP contribution in [-0.4, -0.2) is 11.9 Å². The fourth-order valence-electron chi connectivity index (χ4n) is 1.85. The molecule has 0 N–H and O–H groups in total. The number of carbonyl (C=O) groups excluding carboxylic acids is 2. The second-order valence-corrected chi connectivity index (χ2v) is 5.23. The van der Waals surface area contributed by atoms with Crippen molar-refractivity contribution in [2.75, 3.05) is 0 Å². The molecule has 4 nitrogen and oxygen atoms in total. The fourth-order valence-corrected chi connectivity index (χ4v) is 1.85. The quantitative estimate of drug-likeness (QED) is 0.477. The Kier molecular flexibility index (Phi) is 5.69. The maximum absolute atomic E-state index is 12.0. The zero-order chi connectivity index (χ0) is 16.7. The summed E-state index contributed by atoms with van der Waals surface area (Å²) in [4.78, 5) is 23.5. The van der Waals surface area contributed by atoms with Crippen molar-refractivity contribution in [1.82, 2.24) is 0 Å². The maximum atomic E-state index is 12.0. The Hall–Kier alpha value is -2.88. The first-order chi connectivity index (χ1) is 11.0. The second kappa shape index (κ2) is 7.94. The predicted molar refractivity (Wildman–Crippen MR) is 87.1 cm³/mol. The van der Waals surface area contributed by atoms with E-state index in [0.717, 1.165) is 11.1 Å². The smallest absolute Gasteiger partial charge is 0.338 e. The topological polar surface area (TPSA) is 52.6 Å². The molecule has 0 aromatic heterocycles. The summed E-state index contributed by atoms with van der Waals surface area (Å²) in [5.74, 6) is -0.479. The van der Waals surface area contributed by atoms with Crippen molar-refractivity contribution in [3.63, 3.8) is 0 Å². The van der Waals surface area contributed by atoms with Gasteiger partial charge < -0.3 is 9.47 Å². The summed E-state index contributed by atoms with van der Waals surface area (Å²) in [6.07, 6.45) is 1.40. The Morgan fingerprint density at radius 2 is 1.61 bits per heavy atom. The van der Waals surface area contributed by atoms with Gasteiger partial charge in [-0.25, -0.2) is 9.59 Å². The van der Waals surface area contributed by atoms with Crippen LogP contribution in [0.1, 0.15) is 29.8 Å². The molecule has 2 rings (SSSR count). The number of benzene rings is 2. The molecule has 0 spiro atoms. The lowest BCUT2D eigenvalue weighted by Gasteiger charge is -2.06. The maximum Gasteiger partial charge on any atom is 0.338 e. The molecule has 0 amide bonds. The highest BCUT2D eigenvalue weighted by Gasteiger charge is 2.08. The minimum absolute atomic E-state index is 0.219. The van der Waals surface area contributed by atoms with Gasteiger partial charge in [-0.2, -0.15) is 0 Å². The van der Waals surface area contributed by atoms with E-state index in [0.29, 0.717) is 11.3 Å². The van der Waals surface area contributed by atoms with Crippen molar-refractivity contribution < 1.29 is 19.1 Å². The van der Waals surface area contributed by atoms with Crippen molar-refractivity contribution in [3.8, 4) is 5.75 Å². The van der Waals surface area contributed by atoms with Crippen molar-refractivity contribution in [2.24, 2.45) is 0 Å². The monoisotopic (exact) mass is 310 g/mol. The van der Waals surface area contributed by atoms with E-state index in [1.54, 1.807) is 24.3 Å². The van der Waals surface area contributed by atoms with Crippen LogP contribution in [0.25, 0.3) is 0 Å². The lowest BCUT2D eigenvalue weighted by molar-refractivity contribution is -0.129. The fraction of sp³-hybridized carbons (Fsp3) is 0.158. The van der Waals surface area contributed by atoms with Crippen molar-refractivity contribution in [1.29, 1.82) is 0 Å². The van der Waals surface area contributed by atoms with E-state index in [4.69, 9.17) is 9.47 Å². The number of carbonyl (C=O) groups is 2. The van der Waals surface area contributed by atoms with Crippen molar-refractivity contribution >= 4 is 11.9 Å². The van der Waals surface area contributed by atoms with E-state index >= 15 is 0 Å². The third-order valence-electron chi connectivity index (χ3n) is 2.93. The Morgan fingerprint density at radius 3 is 2.22 bits per heavy atom. The molecule has 0 fully saturated rings. The highest BCUT2D eigenvalue weighted by molar-refractivity contribution is 5.90. The van der Waals surface area contributed by atoms with Gasteiger partial charge in [0.05, 0.1) is 5.56 Å². The molecule has 0 radical (unpaired) electrons. The van der Waals surface area contributed by atoms with Crippen LogP contribution in [0.2, 0.25) is 0 Å². The normalized spacial score (nSPS) is 9.83. The molecule has 0 aliphatic heterocycles. The molecule has 0 unspecified atom stereocenters. The summed E-state index contributed by atoms with van der Waals surface area (Å²) in [6, 6.07) is 15.7. The molecule has 118 valence electrons. The number of allylic oxidation sites excluding steroid dienone is 1. The second-order valence-electron chi connectivity index (χ2n) is 5.23.